The van der Waals surface area contributed by atoms with E-state index in [2.05, 4.69) is 17.3 Å². The first-order valence-corrected chi connectivity index (χ1v) is 5.47. The number of hydrogen-bond donors (Lipinski definition) is 1. The van der Waals surface area contributed by atoms with Crippen molar-refractivity contribution in [3.05, 3.63) is 18.0 Å². The number of rotatable bonds is 7. The van der Waals surface area contributed by atoms with E-state index in [0.717, 1.165) is 13.0 Å². The average Bonchev–Trinajstić information content (AvgIpc) is 2.66. The van der Waals surface area contributed by atoms with Crippen molar-refractivity contribution in [3.63, 3.8) is 0 Å². The number of hydrogen-bond acceptors (Lipinski definition) is 4. The molecule has 1 rings (SSSR count). The summed E-state index contributed by atoms with van der Waals surface area (Å²) in [6.07, 6.45) is 4.48. The molecule has 0 radical (unpaired) electrons. The third-order valence-corrected chi connectivity index (χ3v) is 2.47. The highest BCUT2D eigenvalue weighted by Crippen LogP contribution is 2.08. The molecule has 0 amide bonds. The number of aromatic nitrogens is 2. The van der Waals surface area contributed by atoms with Crippen molar-refractivity contribution in [1.29, 1.82) is 0 Å². The molecule has 1 aromatic heterocycles. The summed E-state index contributed by atoms with van der Waals surface area (Å²) < 4.78 is 12.4. The van der Waals surface area contributed by atoms with Gasteiger partial charge in [0.2, 0.25) is 0 Å². The van der Waals surface area contributed by atoms with Crippen LogP contribution in [0.4, 0.5) is 0 Å². The van der Waals surface area contributed by atoms with Gasteiger partial charge in [0, 0.05) is 27.5 Å². The monoisotopic (exact) mass is 227 g/mol. The van der Waals surface area contributed by atoms with Crippen molar-refractivity contribution in [2.45, 2.75) is 25.7 Å². The number of ether oxygens (including phenoxy) is 2. The van der Waals surface area contributed by atoms with Gasteiger partial charge in [0.15, 0.2) is 6.29 Å². The summed E-state index contributed by atoms with van der Waals surface area (Å²) in [5.74, 6) is 0. The first-order valence-electron chi connectivity index (χ1n) is 5.47. The van der Waals surface area contributed by atoms with Crippen LogP contribution in [0.2, 0.25) is 0 Å². The maximum absolute atomic E-state index is 5.28. The van der Waals surface area contributed by atoms with Gasteiger partial charge in [-0.25, -0.2) is 0 Å². The van der Waals surface area contributed by atoms with E-state index in [1.807, 2.05) is 19.4 Å². The molecule has 0 saturated heterocycles. The lowest BCUT2D eigenvalue weighted by Crippen LogP contribution is -2.43. The van der Waals surface area contributed by atoms with Crippen molar-refractivity contribution < 1.29 is 9.47 Å². The molecule has 0 fully saturated rings. The smallest absolute Gasteiger partial charge is 0.172 e. The molecule has 92 valence electrons. The van der Waals surface area contributed by atoms with Crippen LogP contribution in [0.15, 0.2) is 12.4 Å². The molecule has 0 spiro atoms. The zero-order chi connectivity index (χ0) is 12.0. The second-order valence-corrected chi connectivity index (χ2v) is 3.73. The summed E-state index contributed by atoms with van der Waals surface area (Å²) in [5.41, 5.74) is 1.17. The molecule has 0 aliphatic heterocycles. The van der Waals surface area contributed by atoms with Gasteiger partial charge in [-0.05, 0) is 18.5 Å². The van der Waals surface area contributed by atoms with E-state index < -0.39 is 0 Å². The Balaban J connectivity index is 2.63. The van der Waals surface area contributed by atoms with E-state index >= 15 is 0 Å². The SMILES string of the molecule is CCNC(Cc1cnn(C)c1)C(OC)OC. The molecule has 0 bridgehead atoms. The maximum atomic E-state index is 5.28. The summed E-state index contributed by atoms with van der Waals surface area (Å²) >= 11 is 0. The topological polar surface area (TPSA) is 48.3 Å². The highest BCUT2D eigenvalue weighted by molar-refractivity contribution is 5.06. The fourth-order valence-electron chi connectivity index (χ4n) is 1.78. The van der Waals surface area contributed by atoms with Crippen LogP contribution in [0.1, 0.15) is 12.5 Å². The molecule has 16 heavy (non-hydrogen) atoms. The standard InChI is InChI=1S/C11H21N3O2/c1-5-12-10(11(15-3)16-4)6-9-7-13-14(2)8-9/h7-8,10-12H,5-6H2,1-4H3. The summed E-state index contributed by atoms with van der Waals surface area (Å²) in [6, 6.07) is 0.143. The van der Waals surface area contributed by atoms with Gasteiger partial charge < -0.3 is 14.8 Å². The molecule has 1 N–H and O–H groups in total. The van der Waals surface area contributed by atoms with Gasteiger partial charge >= 0.3 is 0 Å². The fraction of sp³-hybridized carbons (Fsp3) is 0.727. The molecule has 0 saturated carbocycles. The minimum Gasteiger partial charge on any atom is -0.354 e. The number of nitrogens with zero attached hydrogens (tertiary/aromatic N) is 2. The Bertz CT molecular complexity index is 297. The van der Waals surface area contributed by atoms with Crippen LogP contribution in [0.5, 0.6) is 0 Å². The second-order valence-electron chi connectivity index (χ2n) is 3.73. The highest BCUT2D eigenvalue weighted by atomic mass is 16.7. The van der Waals surface area contributed by atoms with E-state index in [0.29, 0.717) is 0 Å². The summed E-state index contributed by atoms with van der Waals surface area (Å²) in [7, 11) is 5.22. The van der Waals surface area contributed by atoms with E-state index in [1.165, 1.54) is 5.56 Å². The normalized spacial score (nSPS) is 13.3. The van der Waals surface area contributed by atoms with Gasteiger partial charge in [-0.2, -0.15) is 5.10 Å². The van der Waals surface area contributed by atoms with E-state index in [9.17, 15) is 0 Å². The maximum Gasteiger partial charge on any atom is 0.172 e. The molecule has 0 aliphatic carbocycles. The van der Waals surface area contributed by atoms with Gasteiger partial charge in [0.25, 0.3) is 0 Å². The predicted molar refractivity (Wildman–Crippen MR) is 62.2 cm³/mol. The summed E-state index contributed by atoms with van der Waals surface area (Å²) in [4.78, 5) is 0. The first-order chi connectivity index (χ1) is 7.71. The quantitative estimate of drug-likeness (QED) is 0.691. The van der Waals surface area contributed by atoms with Crippen LogP contribution in [0.25, 0.3) is 0 Å². The molecule has 0 aromatic carbocycles. The summed E-state index contributed by atoms with van der Waals surface area (Å²) in [6.45, 7) is 2.95. The molecule has 1 heterocycles. The largest absolute Gasteiger partial charge is 0.354 e. The Morgan fingerprint density at radius 3 is 2.56 bits per heavy atom. The Morgan fingerprint density at radius 1 is 1.44 bits per heavy atom. The number of nitrogens with one attached hydrogen (secondary N) is 1. The van der Waals surface area contributed by atoms with E-state index in [4.69, 9.17) is 9.47 Å². The first kappa shape index (κ1) is 13.2. The fourth-order valence-corrected chi connectivity index (χ4v) is 1.78. The van der Waals surface area contributed by atoms with Crippen LogP contribution in [0, 0.1) is 0 Å². The van der Waals surface area contributed by atoms with Gasteiger partial charge in [-0.3, -0.25) is 4.68 Å². The molecule has 1 unspecified atom stereocenters. The van der Waals surface area contributed by atoms with E-state index in [1.54, 1.807) is 18.9 Å². The lowest BCUT2D eigenvalue weighted by atomic mass is 10.1. The zero-order valence-electron chi connectivity index (χ0n) is 10.4. The lowest BCUT2D eigenvalue weighted by molar-refractivity contribution is -0.122. The average molecular weight is 227 g/mol. The van der Waals surface area contributed by atoms with Crippen LogP contribution in [-0.2, 0) is 22.9 Å². The van der Waals surface area contributed by atoms with Gasteiger partial charge in [-0.15, -0.1) is 0 Å². The third-order valence-electron chi connectivity index (χ3n) is 2.47. The minimum atomic E-state index is -0.236. The van der Waals surface area contributed by atoms with Crippen molar-refractivity contribution in [2.75, 3.05) is 20.8 Å². The van der Waals surface area contributed by atoms with E-state index in [-0.39, 0.29) is 12.3 Å². The van der Waals surface area contributed by atoms with Crippen LogP contribution in [0.3, 0.4) is 0 Å². The molecule has 1 atom stereocenters. The Labute approximate surface area is 96.7 Å². The highest BCUT2D eigenvalue weighted by Gasteiger charge is 2.20. The zero-order valence-corrected chi connectivity index (χ0v) is 10.4. The minimum absolute atomic E-state index is 0.143. The van der Waals surface area contributed by atoms with Crippen LogP contribution < -0.4 is 5.32 Å². The Kier molecular flexibility index (Phi) is 5.45. The molecular weight excluding hydrogens is 206 g/mol. The summed E-state index contributed by atoms with van der Waals surface area (Å²) in [5, 5.41) is 7.50. The molecule has 0 aliphatic rings. The van der Waals surface area contributed by atoms with Gasteiger partial charge in [-0.1, -0.05) is 6.92 Å². The number of likely N-dealkylation sites (N-methyl/N-ethyl adjacent to an activating group) is 1. The lowest BCUT2D eigenvalue weighted by Gasteiger charge is -2.24. The van der Waals surface area contributed by atoms with Gasteiger partial charge in [0.05, 0.1) is 12.2 Å². The van der Waals surface area contributed by atoms with Crippen LogP contribution >= 0.6 is 0 Å². The van der Waals surface area contributed by atoms with Crippen molar-refractivity contribution in [2.24, 2.45) is 7.05 Å². The number of methoxy groups -OCH3 is 2. The predicted octanol–water partition coefficient (Wildman–Crippen LogP) is 0.560. The van der Waals surface area contributed by atoms with Crippen molar-refractivity contribution >= 4 is 0 Å². The second kappa shape index (κ2) is 6.62. The van der Waals surface area contributed by atoms with Crippen molar-refractivity contribution in [1.82, 2.24) is 15.1 Å². The Hall–Kier alpha value is -0.910. The van der Waals surface area contributed by atoms with Crippen molar-refractivity contribution in [3.8, 4) is 0 Å². The Morgan fingerprint density at radius 2 is 2.12 bits per heavy atom. The number of aryl methyl sites for hydroxylation is 1. The van der Waals surface area contributed by atoms with Gasteiger partial charge in [0.1, 0.15) is 0 Å². The van der Waals surface area contributed by atoms with Crippen LogP contribution in [-0.4, -0.2) is 42.9 Å². The molecule has 1 aromatic rings. The molecular formula is C11H21N3O2. The third kappa shape index (κ3) is 3.59. The molecule has 5 nitrogen and oxygen atoms in total. The molecule has 5 heteroatoms.